The minimum absolute atomic E-state index is 0.843. The first-order chi connectivity index (χ1) is 8.86. The molecule has 0 amide bonds. The molecule has 0 aliphatic carbocycles. The van der Waals surface area contributed by atoms with Gasteiger partial charge in [-0.05, 0) is 30.9 Å². The molecule has 18 heavy (non-hydrogen) atoms. The van der Waals surface area contributed by atoms with Gasteiger partial charge < -0.3 is 8.85 Å². The lowest BCUT2D eigenvalue weighted by Gasteiger charge is -2.15. The summed E-state index contributed by atoms with van der Waals surface area (Å²) in [4.78, 5) is 0. The van der Waals surface area contributed by atoms with Crippen molar-refractivity contribution in [3.05, 3.63) is 35.9 Å². The van der Waals surface area contributed by atoms with Crippen molar-refractivity contribution in [1.29, 1.82) is 0 Å². The Hall–Kier alpha value is -0.643. The second-order valence-corrected chi connectivity index (χ2v) is 6.65. The maximum Gasteiger partial charge on any atom is 0.321 e. The smallest absolute Gasteiger partial charge is 0.321 e. The third-order valence-electron chi connectivity index (χ3n) is 2.79. The normalized spacial score (nSPS) is 12.6. The van der Waals surface area contributed by atoms with Crippen molar-refractivity contribution in [2.75, 3.05) is 13.2 Å². The van der Waals surface area contributed by atoms with E-state index in [-0.39, 0.29) is 0 Å². The van der Waals surface area contributed by atoms with Gasteiger partial charge in [0.25, 0.3) is 0 Å². The van der Waals surface area contributed by atoms with Gasteiger partial charge in [-0.2, -0.15) is 0 Å². The van der Waals surface area contributed by atoms with Crippen molar-refractivity contribution < 1.29 is 8.85 Å². The fraction of sp³-hybridized carbons (Fsp3) is 0.600. The molecule has 3 heteroatoms. The molecule has 0 N–H and O–H groups in total. The van der Waals surface area contributed by atoms with Crippen molar-refractivity contribution in [2.45, 2.75) is 45.6 Å². The average Bonchev–Trinajstić information content (AvgIpc) is 2.42. The zero-order valence-electron chi connectivity index (χ0n) is 11.7. The predicted molar refractivity (Wildman–Crippen MR) is 79.2 cm³/mol. The highest BCUT2D eigenvalue weighted by Crippen LogP contribution is 2.06. The summed E-state index contributed by atoms with van der Waals surface area (Å²) in [5.41, 5.74) is 1.39. The van der Waals surface area contributed by atoms with Gasteiger partial charge in [-0.3, -0.25) is 0 Å². The monoisotopic (exact) mass is 266 g/mol. The van der Waals surface area contributed by atoms with E-state index in [9.17, 15) is 0 Å². The van der Waals surface area contributed by atoms with Crippen LogP contribution in [0.1, 0.15) is 38.7 Å². The van der Waals surface area contributed by atoms with Crippen LogP contribution in [-0.2, 0) is 15.3 Å². The van der Waals surface area contributed by atoms with Gasteiger partial charge in [0, 0.05) is 13.2 Å². The van der Waals surface area contributed by atoms with Crippen LogP contribution in [-0.4, -0.2) is 22.5 Å². The van der Waals surface area contributed by atoms with Gasteiger partial charge in [-0.1, -0.05) is 50.6 Å². The summed E-state index contributed by atoms with van der Waals surface area (Å²) >= 11 is 0. The van der Waals surface area contributed by atoms with Crippen LogP contribution >= 0.6 is 0 Å². The lowest BCUT2D eigenvalue weighted by Crippen LogP contribution is -2.23. The van der Waals surface area contributed by atoms with E-state index in [0.717, 1.165) is 38.5 Å². The Morgan fingerprint density at radius 1 is 0.944 bits per heavy atom. The van der Waals surface area contributed by atoms with Crippen molar-refractivity contribution in [1.82, 2.24) is 0 Å². The maximum absolute atomic E-state index is 5.92. The molecule has 1 atom stereocenters. The Morgan fingerprint density at radius 3 is 2.33 bits per heavy atom. The molecule has 0 aliphatic rings. The molecule has 2 nitrogen and oxygen atoms in total. The van der Waals surface area contributed by atoms with Crippen LogP contribution in [0.2, 0.25) is 6.04 Å². The molecule has 0 aliphatic heterocycles. The summed E-state index contributed by atoms with van der Waals surface area (Å²) < 4.78 is 11.7. The van der Waals surface area contributed by atoms with E-state index in [4.69, 9.17) is 8.85 Å². The van der Waals surface area contributed by atoms with E-state index < -0.39 is 9.28 Å². The van der Waals surface area contributed by atoms with E-state index >= 15 is 0 Å². The molecular formula is C15H26O2Si. The molecule has 0 bridgehead atoms. The fourth-order valence-corrected chi connectivity index (χ4v) is 3.66. The van der Waals surface area contributed by atoms with Crippen LogP contribution < -0.4 is 0 Å². The van der Waals surface area contributed by atoms with Crippen molar-refractivity contribution >= 4 is 9.28 Å². The van der Waals surface area contributed by atoms with E-state index in [1.807, 2.05) is 0 Å². The molecule has 1 aromatic rings. The van der Waals surface area contributed by atoms with E-state index in [0.29, 0.717) is 0 Å². The Labute approximate surface area is 113 Å². The van der Waals surface area contributed by atoms with Crippen molar-refractivity contribution in [3.8, 4) is 0 Å². The summed E-state index contributed by atoms with van der Waals surface area (Å²) in [5.74, 6) is 0. The predicted octanol–water partition coefficient (Wildman–Crippen LogP) is 3.69. The third kappa shape index (κ3) is 6.94. The molecule has 1 rings (SSSR count). The first-order valence-corrected chi connectivity index (χ1v) is 8.89. The molecule has 1 unspecified atom stereocenters. The second kappa shape index (κ2) is 10.3. The number of hydrogen-bond acceptors (Lipinski definition) is 2. The van der Waals surface area contributed by atoms with Crippen molar-refractivity contribution in [3.63, 3.8) is 0 Å². The largest absolute Gasteiger partial charge is 0.397 e. The standard InChI is InChI=1S/C15H26O2Si/c1-3-12-16-18(14-4-2)17-13-8-11-15-9-6-5-7-10-15/h5-7,9-10,18H,3-4,8,11-14H2,1-2H3. The third-order valence-corrected chi connectivity index (χ3v) is 5.05. The van der Waals surface area contributed by atoms with Crippen LogP contribution in [0.25, 0.3) is 0 Å². The molecule has 0 heterocycles. The zero-order chi connectivity index (χ0) is 13.1. The average molecular weight is 266 g/mol. The van der Waals surface area contributed by atoms with Crippen molar-refractivity contribution in [2.24, 2.45) is 0 Å². The van der Waals surface area contributed by atoms with Gasteiger partial charge in [0.1, 0.15) is 0 Å². The Kier molecular flexibility index (Phi) is 8.82. The van der Waals surface area contributed by atoms with Gasteiger partial charge in [0.2, 0.25) is 0 Å². The summed E-state index contributed by atoms with van der Waals surface area (Å²) in [7, 11) is -1.38. The highest BCUT2D eigenvalue weighted by atomic mass is 28.3. The molecule has 102 valence electrons. The van der Waals surface area contributed by atoms with Gasteiger partial charge >= 0.3 is 9.28 Å². The number of benzene rings is 1. The fourth-order valence-electron chi connectivity index (χ4n) is 1.84. The lowest BCUT2D eigenvalue weighted by atomic mass is 10.1. The molecular weight excluding hydrogens is 240 g/mol. The molecule has 0 saturated heterocycles. The number of aryl methyl sites for hydroxylation is 1. The van der Waals surface area contributed by atoms with Crippen LogP contribution in [0.15, 0.2) is 30.3 Å². The van der Waals surface area contributed by atoms with Gasteiger partial charge in [-0.15, -0.1) is 0 Å². The minimum Gasteiger partial charge on any atom is -0.397 e. The van der Waals surface area contributed by atoms with E-state index in [1.165, 1.54) is 12.0 Å². The Morgan fingerprint density at radius 2 is 1.67 bits per heavy atom. The first kappa shape index (κ1) is 15.4. The SMILES string of the molecule is CCCO[SiH](CCC)OCCCc1ccccc1. The molecule has 0 radical (unpaired) electrons. The highest BCUT2D eigenvalue weighted by Gasteiger charge is 2.11. The Bertz CT molecular complexity index is 290. The van der Waals surface area contributed by atoms with Gasteiger partial charge in [0.05, 0.1) is 0 Å². The van der Waals surface area contributed by atoms with Gasteiger partial charge in [0.15, 0.2) is 0 Å². The second-order valence-electron chi connectivity index (χ2n) is 4.55. The molecule has 0 aromatic heterocycles. The van der Waals surface area contributed by atoms with Gasteiger partial charge in [-0.25, -0.2) is 0 Å². The van der Waals surface area contributed by atoms with Crippen LogP contribution in [0, 0.1) is 0 Å². The minimum atomic E-state index is -1.38. The Balaban J connectivity index is 2.14. The summed E-state index contributed by atoms with van der Waals surface area (Å²) in [6.45, 7) is 6.04. The molecule has 0 fully saturated rings. The van der Waals surface area contributed by atoms with E-state index in [1.54, 1.807) is 0 Å². The first-order valence-electron chi connectivity index (χ1n) is 7.14. The summed E-state index contributed by atoms with van der Waals surface area (Å²) in [5, 5.41) is 0. The topological polar surface area (TPSA) is 18.5 Å². The number of hydrogen-bond donors (Lipinski definition) is 0. The van der Waals surface area contributed by atoms with Crippen LogP contribution in [0.5, 0.6) is 0 Å². The summed E-state index contributed by atoms with van der Waals surface area (Å²) in [6.07, 6.45) is 4.44. The number of rotatable bonds is 10. The lowest BCUT2D eigenvalue weighted by molar-refractivity contribution is 0.194. The maximum atomic E-state index is 5.92. The quantitative estimate of drug-likeness (QED) is 0.475. The molecule has 1 aromatic carbocycles. The summed E-state index contributed by atoms with van der Waals surface area (Å²) in [6, 6.07) is 11.7. The van der Waals surface area contributed by atoms with Crippen LogP contribution in [0.3, 0.4) is 0 Å². The highest BCUT2D eigenvalue weighted by molar-refractivity contribution is 6.44. The molecule has 0 saturated carbocycles. The van der Waals surface area contributed by atoms with Crippen LogP contribution in [0.4, 0.5) is 0 Å². The zero-order valence-corrected chi connectivity index (χ0v) is 12.9. The molecule has 0 spiro atoms. The van der Waals surface area contributed by atoms with E-state index in [2.05, 4.69) is 44.2 Å².